The van der Waals surface area contributed by atoms with Crippen molar-refractivity contribution >= 4 is 39.9 Å². The van der Waals surface area contributed by atoms with E-state index in [0.717, 1.165) is 11.7 Å². The molecule has 0 bridgehead atoms. The van der Waals surface area contributed by atoms with Crippen molar-refractivity contribution in [2.45, 2.75) is 0 Å². The van der Waals surface area contributed by atoms with Crippen molar-refractivity contribution in [2.75, 3.05) is 17.5 Å². The van der Waals surface area contributed by atoms with Gasteiger partial charge < -0.3 is 4.74 Å². The molecule has 4 N–H and O–H groups in total. The third kappa shape index (κ3) is 5.57. The molecule has 0 saturated heterocycles. The van der Waals surface area contributed by atoms with Gasteiger partial charge in [-0.25, -0.2) is 9.97 Å². The minimum Gasteiger partial charge on any atom is -0.484 e. The minimum atomic E-state index is -0.749. The Labute approximate surface area is 198 Å². The number of anilines is 2. The lowest BCUT2D eigenvalue weighted by Crippen LogP contribution is -2.34. The van der Waals surface area contributed by atoms with Crippen molar-refractivity contribution in [3.8, 4) is 5.75 Å². The van der Waals surface area contributed by atoms with Gasteiger partial charge in [0.15, 0.2) is 6.61 Å². The number of ether oxygens (including phenoxy) is 1. The fourth-order valence-electron chi connectivity index (χ4n) is 3.17. The first-order valence-electron chi connectivity index (χ1n) is 10.3. The average molecular weight is 473 g/mol. The van der Waals surface area contributed by atoms with E-state index in [0.29, 0.717) is 16.7 Å². The molecule has 0 aliphatic carbocycles. The molecule has 0 aliphatic heterocycles. The van der Waals surface area contributed by atoms with E-state index in [9.17, 15) is 19.7 Å². The van der Waals surface area contributed by atoms with Crippen LogP contribution in [0.3, 0.4) is 0 Å². The number of nitrogens with one attached hydrogen (secondary N) is 4. The Hall–Kier alpha value is -5.26. The van der Waals surface area contributed by atoms with E-state index in [1.807, 2.05) is 18.2 Å². The molecule has 3 aromatic carbocycles. The Balaban J connectivity index is 1.42. The second-order valence-corrected chi connectivity index (χ2v) is 7.06. The smallest absolute Gasteiger partial charge is 0.356 e. The second kappa shape index (κ2) is 10.6. The van der Waals surface area contributed by atoms with Crippen molar-refractivity contribution in [1.29, 1.82) is 0 Å². The van der Waals surface area contributed by atoms with Crippen LogP contribution in [0.25, 0.3) is 10.8 Å². The van der Waals surface area contributed by atoms with Gasteiger partial charge in [0, 0.05) is 5.56 Å². The molecule has 4 aromatic rings. The zero-order chi connectivity index (χ0) is 24.6. The summed E-state index contributed by atoms with van der Waals surface area (Å²) in [6.45, 7) is -0.331. The maximum Gasteiger partial charge on any atom is 0.356 e. The topological polar surface area (TPSA) is 160 Å². The number of aromatic nitrogens is 2. The van der Waals surface area contributed by atoms with Crippen LogP contribution in [0.15, 0.2) is 79.1 Å². The van der Waals surface area contributed by atoms with Crippen LogP contribution < -0.4 is 26.4 Å². The summed E-state index contributed by atoms with van der Waals surface area (Å²) >= 11 is 0. The third-order valence-electron chi connectivity index (χ3n) is 4.77. The highest BCUT2D eigenvalue weighted by Gasteiger charge is 2.24. The predicted molar refractivity (Wildman–Crippen MR) is 127 cm³/mol. The summed E-state index contributed by atoms with van der Waals surface area (Å²) in [4.78, 5) is 43.4. The SMILES string of the molecule is O=C(COc1ccccc1)NNc1ncnc(NNC(=O)c2cccc3ccccc23)c1[N+](=O)[O-]. The zero-order valence-corrected chi connectivity index (χ0v) is 18.1. The first-order chi connectivity index (χ1) is 17.0. The summed E-state index contributed by atoms with van der Waals surface area (Å²) in [7, 11) is 0. The lowest BCUT2D eigenvalue weighted by molar-refractivity contribution is -0.383. The maximum atomic E-state index is 12.7. The number of carbonyl (C=O) groups is 2. The summed E-state index contributed by atoms with van der Waals surface area (Å²) in [6, 6.07) is 21.2. The van der Waals surface area contributed by atoms with E-state index in [1.54, 1.807) is 54.6 Å². The van der Waals surface area contributed by atoms with Gasteiger partial charge in [0.25, 0.3) is 11.8 Å². The van der Waals surface area contributed by atoms with Gasteiger partial charge in [-0.3, -0.25) is 41.4 Å². The molecule has 1 aromatic heterocycles. The van der Waals surface area contributed by atoms with Crippen molar-refractivity contribution in [3.05, 3.63) is 94.8 Å². The molecule has 35 heavy (non-hydrogen) atoms. The molecule has 0 radical (unpaired) electrons. The highest BCUT2D eigenvalue weighted by molar-refractivity contribution is 6.07. The van der Waals surface area contributed by atoms with Crippen molar-refractivity contribution in [2.24, 2.45) is 0 Å². The molecule has 0 unspecified atom stereocenters. The van der Waals surface area contributed by atoms with Gasteiger partial charge in [0.2, 0.25) is 11.6 Å². The van der Waals surface area contributed by atoms with Crippen LogP contribution in [0.4, 0.5) is 17.3 Å². The van der Waals surface area contributed by atoms with Gasteiger partial charge in [0.05, 0.1) is 4.92 Å². The summed E-state index contributed by atoms with van der Waals surface area (Å²) in [5.41, 5.74) is 9.33. The summed E-state index contributed by atoms with van der Waals surface area (Å²) in [5.74, 6) is -1.20. The first kappa shape index (κ1) is 22.9. The first-order valence-corrected chi connectivity index (χ1v) is 10.3. The summed E-state index contributed by atoms with van der Waals surface area (Å²) in [5, 5.41) is 13.3. The lowest BCUT2D eigenvalue weighted by Gasteiger charge is -2.12. The molecule has 2 amide bonds. The number of rotatable bonds is 9. The van der Waals surface area contributed by atoms with Crippen LogP contribution >= 0.6 is 0 Å². The molecular weight excluding hydrogens is 454 g/mol. The molecule has 1 heterocycles. The van der Waals surface area contributed by atoms with Crippen LogP contribution in [-0.4, -0.2) is 33.3 Å². The van der Waals surface area contributed by atoms with Crippen molar-refractivity contribution in [1.82, 2.24) is 20.8 Å². The van der Waals surface area contributed by atoms with Gasteiger partial charge in [-0.1, -0.05) is 54.6 Å². The Kier molecular flexibility index (Phi) is 6.92. The molecule has 0 saturated carbocycles. The van der Waals surface area contributed by atoms with Gasteiger partial charge in [0.1, 0.15) is 12.1 Å². The minimum absolute atomic E-state index is 0.282. The number of fused-ring (bicyclic) bond motifs is 1. The number of amides is 2. The Morgan fingerprint density at radius 2 is 1.51 bits per heavy atom. The molecule has 0 aliphatic rings. The number of hydrogen-bond acceptors (Lipinski definition) is 9. The lowest BCUT2D eigenvalue weighted by atomic mass is 10.0. The number of nitro groups is 1. The predicted octanol–water partition coefficient (Wildman–Crippen LogP) is 2.82. The second-order valence-electron chi connectivity index (χ2n) is 7.06. The van der Waals surface area contributed by atoms with Gasteiger partial charge in [-0.15, -0.1) is 0 Å². The van der Waals surface area contributed by atoms with Crippen LogP contribution in [0.1, 0.15) is 10.4 Å². The van der Waals surface area contributed by atoms with E-state index in [-0.39, 0.29) is 18.2 Å². The van der Waals surface area contributed by atoms with E-state index >= 15 is 0 Å². The fourth-order valence-corrected chi connectivity index (χ4v) is 3.17. The monoisotopic (exact) mass is 473 g/mol. The highest BCUT2D eigenvalue weighted by Crippen LogP contribution is 2.28. The maximum absolute atomic E-state index is 12.7. The average Bonchev–Trinajstić information content (AvgIpc) is 2.89. The number of nitrogens with zero attached hydrogens (tertiary/aromatic N) is 3. The number of hydrogen-bond donors (Lipinski definition) is 4. The summed E-state index contributed by atoms with van der Waals surface area (Å²) in [6.07, 6.45) is 1.04. The van der Waals surface area contributed by atoms with E-state index < -0.39 is 22.4 Å². The molecule has 176 valence electrons. The van der Waals surface area contributed by atoms with Crippen LogP contribution in [0.2, 0.25) is 0 Å². The van der Waals surface area contributed by atoms with Crippen molar-refractivity contribution < 1.29 is 19.2 Å². The normalized spacial score (nSPS) is 10.3. The molecule has 0 atom stereocenters. The van der Waals surface area contributed by atoms with Gasteiger partial charge in [-0.2, -0.15) is 0 Å². The molecule has 4 rings (SSSR count). The summed E-state index contributed by atoms with van der Waals surface area (Å²) < 4.78 is 5.32. The van der Waals surface area contributed by atoms with E-state index in [1.165, 1.54) is 0 Å². The Morgan fingerprint density at radius 1 is 0.857 bits per heavy atom. The fraction of sp³-hybridized carbons (Fsp3) is 0.0435. The third-order valence-corrected chi connectivity index (χ3v) is 4.77. The van der Waals surface area contributed by atoms with Gasteiger partial charge >= 0.3 is 5.69 Å². The zero-order valence-electron chi connectivity index (χ0n) is 18.1. The number of benzene rings is 3. The molecule has 0 fully saturated rings. The number of para-hydroxylation sites is 1. The Morgan fingerprint density at radius 3 is 2.26 bits per heavy atom. The van der Waals surface area contributed by atoms with Gasteiger partial charge in [-0.05, 0) is 29.0 Å². The number of carbonyl (C=O) groups excluding carboxylic acids is 2. The number of hydrazine groups is 2. The largest absolute Gasteiger partial charge is 0.484 e. The Bertz CT molecular complexity index is 1380. The van der Waals surface area contributed by atoms with Crippen LogP contribution in [-0.2, 0) is 4.79 Å². The standard InChI is InChI=1S/C23H19N7O5/c31-19(13-35-16-9-2-1-3-10-16)26-27-21-20(30(33)34)22(25-14-24-21)28-29-23(32)18-12-6-8-15-7-4-5-11-17(15)18/h1-12,14H,13H2,(H,26,31)(H,29,32)(H2,24,25,27,28). The molecule has 12 heteroatoms. The molecule has 12 nitrogen and oxygen atoms in total. The highest BCUT2D eigenvalue weighted by atomic mass is 16.6. The van der Waals surface area contributed by atoms with E-state index in [4.69, 9.17) is 4.74 Å². The van der Waals surface area contributed by atoms with Crippen LogP contribution in [0, 0.1) is 10.1 Å². The quantitative estimate of drug-likeness (QED) is 0.212. The molecule has 0 spiro atoms. The van der Waals surface area contributed by atoms with E-state index in [2.05, 4.69) is 31.7 Å². The van der Waals surface area contributed by atoms with Crippen molar-refractivity contribution in [3.63, 3.8) is 0 Å². The molecular formula is C23H19N7O5. The van der Waals surface area contributed by atoms with Crippen LogP contribution in [0.5, 0.6) is 5.75 Å².